The maximum absolute atomic E-state index is 13.4. The number of morpholine rings is 1. The van der Waals surface area contributed by atoms with Crippen molar-refractivity contribution in [1.29, 1.82) is 0 Å². The fourth-order valence-corrected chi connectivity index (χ4v) is 5.90. The van der Waals surface area contributed by atoms with Gasteiger partial charge in [0, 0.05) is 18.1 Å². The Kier molecular flexibility index (Phi) is 6.36. The third kappa shape index (κ3) is 4.44. The van der Waals surface area contributed by atoms with Crippen LogP contribution in [0.15, 0.2) is 72.8 Å². The minimum Gasteiger partial charge on any atom is -0.465 e. The molecular weight excluding hydrogens is 500 g/mol. The lowest BCUT2D eigenvalue weighted by molar-refractivity contribution is -0.384. The molecule has 39 heavy (non-hydrogen) atoms. The maximum Gasteiger partial charge on any atom is 0.410 e. The molecule has 2 aliphatic heterocycles. The highest BCUT2D eigenvalue weighted by Crippen LogP contribution is 2.44. The van der Waals surface area contributed by atoms with Crippen LogP contribution in [0, 0.1) is 10.1 Å². The summed E-state index contributed by atoms with van der Waals surface area (Å²) in [7, 11) is 1.23. The van der Waals surface area contributed by atoms with E-state index in [1.54, 1.807) is 11.0 Å². The van der Waals surface area contributed by atoms with E-state index in [0.717, 1.165) is 27.8 Å². The molecule has 9 nitrogen and oxygen atoms in total. The van der Waals surface area contributed by atoms with Crippen molar-refractivity contribution in [3.8, 4) is 11.1 Å². The van der Waals surface area contributed by atoms with Gasteiger partial charge in [-0.2, -0.15) is 0 Å². The second-order valence-corrected chi connectivity index (χ2v) is 9.88. The molecule has 1 fully saturated rings. The number of carbonyl (C=O) groups excluding carboxylic acids is 2. The Balaban J connectivity index is 1.24. The van der Waals surface area contributed by atoms with Gasteiger partial charge < -0.3 is 14.2 Å². The quantitative estimate of drug-likeness (QED) is 0.256. The third-order valence-corrected chi connectivity index (χ3v) is 7.67. The lowest BCUT2D eigenvalue weighted by Crippen LogP contribution is -2.56. The van der Waals surface area contributed by atoms with Gasteiger partial charge in [0.2, 0.25) is 0 Å². The fourth-order valence-electron chi connectivity index (χ4n) is 5.90. The number of fused-ring (bicyclic) bond motifs is 5. The normalized spacial score (nSPS) is 19.5. The van der Waals surface area contributed by atoms with Crippen LogP contribution >= 0.6 is 0 Å². The van der Waals surface area contributed by atoms with Gasteiger partial charge in [0.05, 0.1) is 42.9 Å². The smallest absolute Gasteiger partial charge is 0.410 e. The van der Waals surface area contributed by atoms with Crippen molar-refractivity contribution < 1.29 is 28.7 Å². The van der Waals surface area contributed by atoms with Crippen LogP contribution in [0.1, 0.15) is 39.4 Å². The van der Waals surface area contributed by atoms with E-state index >= 15 is 0 Å². The second kappa shape index (κ2) is 9.99. The molecule has 1 saturated heterocycles. The van der Waals surface area contributed by atoms with Gasteiger partial charge in [-0.15, -0.1) is 0 Å². The molecule has 3 aromatic carbocycles. The molecule has 0 saturated carbocycles. The van der Waals surface area contributed by atoms with E-state index < -0.39 is 23.0 Å². The van der Waals surface area contributed by atoms with Gasteiger partial charge in [-0.3, -0.25) is 15.0 Å². The average molecular weight is 527 g/mol. The highest BCUT2D eigenvalue weighted by molar-refractivity contribution is 5.92. The minimum absolute atomic E-state index is 0.0463. The first-order valence-corrected chi connectivity index (χ1v) is 12.7. The molecule has 2 bridgehead atoms. The largest absolute Gasteiger partial charge is 0.465 e. The lowest BCUT2D eigenvalue weighted by Gasteiger charge is -2.44. The van der Waals surface area contributed by atoms with Crippen LogP contribution in [-0.4, -0.2) is 60.9 Å². The van der Waals surface area contributed by atoms with Crippen LogP contribution < -0.4 is 0 Å². The Bertz CT molecular complexity index is 1470. The van der Waals surface area contributed by atoms with Crippen molar-refractivity contribution >= 4 is 23.3 Å². The number of methoxy groups -OCH3 is 1. The zero-order valence-electron chi connectivity index (χ0n) is 21.2. The second-order valence-electron chi connectivity index (χ2n) is 9.88. The molecule has 3 aromatic rings. The maximum atomic E-state index is 13.4. The number of rotatable bonds is 5. The number of hydrogen-bond donors (Lipinski definition) is 0. The number of nitrogens with zero attached hydrogens (tertiary/aromatic N) is 2. The topological polar surface area (TPSA) is 108 Å². The van der Waals surface area contributed by atoms with Gasteiger partial charge in [-0.25, -0.2) is 9.59 Å². The summed E-state index contributed by atoms with van der Waals surface area (Å²) in [6, 6.07) is 19.9. The molecule has 1 amide bonds. The van der Waals surface area contributed by atoms with E-state index in [2.05, 4.69) is 24.3 Å². The Hall–Kier alpha value is -4.50. The number of esters is 1. The summed E-state index contributed by atoms with van der Waals surface area (Å²) in [5.74, 6) is -0.699. The lowest BCUT2D eigenvalue weighted by atomic mass is 9.89. The number of nitro benzene ring substituents is 1. The predicted molar refractivity (Wildman–Crippen MR) is 142 cm³/mol. The van der Waals surface area contributed by atoms with Crippen molar-refractivity contribution in [2.24, 2.45) is 0 Å². The Morgan fingerprint density at radius 3 is 2.36 bits per heavy atom. The number of hydrogen-bond acceptors (Lipinski definition) is 7. The predicted octanol–water partition coefficient (Wildman–Crippen LogP) is 5.19. The molecule has 2 heterocycles. The molecule has 0 N–H and O–H groups in total. The van der Waals surface area contributed by atoms with Crippen LogP contribution in [0.3, 0.4) is 0 Å². The Labute approximate surface area is 224 Å². The van der Waals surface area contributed by atoms with E-state index in [1.165, 1.54) is 19.2 Å². The van der Waals surface area contributed by atoms with E-state index in [9.17, 15) is 19.7 Å². The van der Waals surface area contributed by atoms with E-state index in [-0.39, 0.29) is 36.4 Å². The first kappa shape index (κ1) is 24.8. The van der Waals surface area contributed by atoms with Gasteiger partial charge >= 0.3 is 12.1 Å². The van der Waals surface area contributed by atoms with Crippen LogP contribution in [0.5, 0.6) is 0 Å². The van der Waals surface area contributed by atoms with Crippen molar-refractivity contribution in [2.75, 3.05) is 26.9 Å². The van der Waals surface area contributed by atoms with Crippen LogP contribution in [-0.2, 0) is 14.2 Å². The van der Waals surface area contributed by atoms with Gasteiger partial charge in [-0.05, 0) is 45.9 Å². The zero-order chi connectivity index (χ0) is 27.1. The van der Waals surface area contributed by atoms with Crippen LogP contribution in [0.25, 0.3) is 16.7 Å². The van der Waals surface area contributed by atoms with Crippen molar-refractivity contribution in [3.63, 3.8) is 0 Å². The van der Waals surface area contributed by atoms with Gasteiger partial charge in [0.15, 0.2) is 0 Å². The highest BCUT2D eigenvalue weighted by Gasteiger charge is 2.40. The Morgan fingerprint density at radius 1 is 1.03 bits per heavy atom. The molecule has 0 radical (unpaired) electrons. The number of amides is 1. The van der Waals surface area contributed by atoms with E-state index in [1.807, 2.05) is 30.3 Å². The first-order chi connectivity index (χ1) is 18.9. The van der Waals surface area contributed by atoms with Crippen molar-refractivity contribution in [3.05, 3.63) is 105 Å². The summed E-state index contributed by atoms with van der Waals surface area (Å²) >= 11 is 0. The minimum atomic E-state index is -0.653. The van der Waals surface area contributed by atoms with Gasteiger partial charge in [0.1, 0.15) is 6.61 Å². The molecule has 6 rings (SSSR count). The van der Waals surface area contributed by atoms with E-state index in [4.69, 9.17) is 14.2 Å². The first-order valence-electron chi connectivity index (χ1n) is 12.7. The van der Waals surface area contributed by atoms with Gasteiger partial charge in [-0.1, -0.05) is 54.6 Å². The summed E-state index contributed by atoms with van der Waals surface area (Å²) in [6.07, 6.45) is 1.86. The highest BCUT2D eigenvalue weighted by atomic mass is 16.6. The summed E-state index contributed by atoms with van der Waals surface area (Å²) in [6.45, 7) is 0.813. The summed E-state index contributed by atoms with van der Waals surface area (Å²) in [4.78, 5) is 38.3. The zero-order valence-corrected chi connectivity index (χ0v) is 21.2. The molecule has 2 unspecified atom stereocenters. The van der Waals surface area contributed by atoms with Crippen LogP contribution in [0.4, 0.5) is 10.5 Å². The number of non-ortho nitro benzene ring substituents is 1. The SMILES string of the molecule is COC(=O)c1cc(C2=CC3COCC(C2)N3C(=O)OCC2c3ccccc3-c3ccccc32)cc([N+](=O)[O-])c1. The number of nitro groups is 1. The molecular formula is C30H26N2O7. The summed E-state index contributed by atoms with van der Waals surface area (Å²) < 4.78 is 16.4. The molecule has 0 spiro atoms. The number of ether oxygens (including phenoxy) is 3. The van der Waals surface area contributed by atoms with E-state index in [0.29, 0.717) is 18.6 Å². The van der Waals surface area contributed by atoms with Gasteiger partial charge in [0.25, 0.3) is 5.69 Å². The summed E-state index contributed by atoms with van der Waals surface area (Å²) in [5, 5.41) is 11.5. The Morgan fingerprint density at radius 2 is 1.72 bits per heavy atom. The van der Waals surface area contributed by atoms with Crippen molar-refractivity contribution in [2.45, 2.75) is 24.4 Å². The number of benzene rings is 3. The number of carbonyl (C=O) groups is 2. The molecule has 9 heteroatoms. The fraction of sp³-hybridized carbons (Fsp3) is 0.267. The molecule has 2 atom stereocenters. The third-order valence-electron chi connectivity index (χ3n) is 7.67. The molecule has 198 valence electrons. The molecule has 0 aromatic heterocycles. The van der Waals surface area contributed by atoms with Crippen molar-refractivity contribution in [1.82, 2.24) is 4.90 Å². The monoisotopic (exact) mass is 526 g/mol. The summed E-state index contributed by atoms with van der Waals surface area (Å²) in [5.41, 5.74) is 5.86. The van der Waals surface area contributed by atoms with Crippen LogP contribution in [0.2, 0.25) is 0 Å². The molecule has 1 aliphatic carbocycles. The molecule has 3 aliphatic rings. The standard InChI is InChI=1S/C30H26N2O7/c1-37-29(33)20-10-18(11-21(14-20)32(35)36)19-12-22-15-38-16-23(13-19)31(22)30(34)39-17-28-26-8-4-2-6-24(26)25-7-3-5-9-27(25)28/h2-12,14,22-23,28H,13,15-17H2,1H3. The average Bonchev–Trinajstić information content (AvgIpc) is 3.28.